The molecule has 0 aliphatic carbocycles. The van der Waals surface area contributed by atoms with E-state index in [-0.39, 0.29) is 12.1 Å². The van der Waals surface area contributed by atoms with Crippen molar-refractivity contribution in [1.82, 2.24) is 20.1 Å². The molecule has 3 rings (SSSR count). The highest BCUT2D eigenvalue weighted by molar-refractivity contribution is 5.41. The van der Waals surface area contributed by atoms with E-state index in [0.29, 0.717) is 13.2 Å². The first kappa shape index (κ1) is 15.1. The Morgan fingerprint density at radius 3 is 3.05 bits per heavy atom. The number of nitrogens with one attached hydrogen (secondary N) is 1. The van der Waals surface area contributed by atoms with E-state index in [0.717, 1.165) is 18.8 Å². The molecule has 22 heavy (non-hydrogen) atoms. The van der Waals surface area contributed by atoms with Crippen molar-refractivity contribution in [2.45, 2.75) is 32.5 Å². The van der Waals surface area contributed by atoms with Crippen molar-refractivity contribution in [3.63, 3.8) is 0 Å². The van der Waals surface area contributed by atoms with Crippen LogP contribution in [0.3, 0.4) is 0 Å². The molecule has 118 valence electrons. The Labute approximate surface area is 130 Å². The van der Waals surface area contributed by atoms with E-state index in [4.69, 9.17) is 9.47 Å². The summed E-state index contributed by atoms with van der Waals surface area (Å²) in [5, 5.41) is 7.70. The van der Waals surface area contributed by atoms with Crippen molar-refractivity contribution in [2.75, 3.05) is 19.8 Å². The van der Waals surface area contributed by atoms with E-state index < -0.39 is 0 Å². The molecule has 0 saturated carbocycles. The minimum atomic E-state index is 0.153. The van der Waals surface area contributed by atoms with Gasteiger partial charge >= 0.3 is 0 Å². The summed E-state index contributed by atoms with van der Waals surface area (Å²) >= 11 is 0. The van der Waals surface area contributed by atoms with Crippen LogP contribution in [-0.2, 0) is 16.0 Å². The molecule has 1 aromatic heterocycles. The third-order valence-corrected chi connectivity index (χ3v) is 3.90. The Kier molecular flexibility index (Phi) is 4.82. The van der Waals surface area contributed by atoms with E-state index >= 15 is 0 Å². The standard InChI is InChI=1S/C16H22N4O2/c1-3-22-16-9-21-8-14(16)18-7-13-4-5-15(12(2)6-13)20-11-17-10-19-20/h4-6,10-11,14,16,18H,3,7-9H2,1-2H3/t14-,16-/m1/s1. The quantitative estimate of drug-likeness (QED) is 0.875. The van der Waals surface area contributed by atoms with Crippen LogP contribution in [0.25, 0.3) is 5.69 Å². The maximum atomic E-state index is 5.69. The average Bonchev–Trinajstić information content (AvgIpc) is 3.17. The number of hydrogen-bond donors (Lipinski definition) is 1. The maximum Gasteiger partial charge on any atom is 0.138 e. The molecule has 1 aliphatic rings. The summed E-state index contributed by atoms with van der Waals surface area (Å²) in [7, 11) is 0. The second-order valence-corrected chi connectivity index (χ2v) is 5.48. The highest BCUT2D eigenvalue weighted by atomic mass is 16.5. The first-order valence-corrected chi connectivity index (χ1v) is 7.65. The number of rotatable bonds is 6. The average molecular weight is 302 g/mol. The molecule has 6 nitrogen and oxygen atoms in total. The number of ether oxygens (including phenoxy) is 2. The van der Waals surface area contributed by atoms with E-state index in [9.17, 15) is 0 Å². The van der Waals surface area contributed by atoms with Crippen LogP contribution >= 0.6 is 0 Å². The van der Waals surface area contributed by atoms with Crippen molar-refractivity contribution < 1.29 is 9.47 Å². The summed E-state index contributed by atoms with van der Waals surface area (Å²) in [6, 6.07) is 6.62. The molecule has 0 amide bonds. The summed E-state index contributed by atoms with van der Waals surface area (Å²) in [6.07, 6.45) is 3.41. The first-order valence-electron chi connectivity index (χ1n) is 7.65. The predicted octanol–water partition coefficient (Wildman–Crippen LogP) is 1.47. The molecule has 1 aromatic carbocycles. The molecule has 1 saturated heterocycles. The summed E-state index contributed by atoms with van der Waals surface area (Å²) in [6.45, 7) is 7.01. The van der Waals surface area contributed by atoms with E-state index in [1.165, 1.54) is 11.1 Å². The van der Waals surface area contributed by atoms with Gasteiger partial charge in [-0.2, -0.15) is 5.10 Å². The molecule has 0 radical (unpaired) electrons. The molecule has 2 aromatic rings. The third-order valence-electron chi connectivity index (χ3n) is 3.90. The molecular weight excluding hydrogens is 280 g/mol. The highest BCUT2D eigenvalue weighted by Gasteiger charge is 2.28. The Hall–Kier alpha value is -1.76. The van der Waals surface area contributed by atoms with Crippen LogP contribution in [0.4, 0.5) is 0 Å². The largest absolute Gasteiger partial charge is 0.377 e. The van der Waals surface area contributed by atoms with Crippen LogP contribution in [0.15, 0.2) is 30.9 Å². The lowest BCUT2D eigenvalue weighted by Gasteiger charge is -2.19. The maximum absolute atomic E-state index is 5.69. The number of aromatic nitrogens is 3. The lowest BCUT2D eigenvalue weighted by atomic mass is 10.1. The van der Waals surface area contributed by atoms with Gasteiger partial charge in [-0.15, -0.1) is 0 Å². The van der Waals surface area contributed by atoms with E-state index in [2.05, 4.69) is 40.5 Å². The zero-order valence-corrected chi connectivity index (χ0v) is 13.0. The SMILES string of the molecule is CCO[C@@H]1COC[C@H]1NCc1ccc(-n2cncn2)c(C)c1. The number of hydrogen-bond acceptors (Lipinski definition) is 5. The fourth-order valence-corrected chi connectivity index (χ4v) is 2.77. The number of nitrogens with zero attached hydrogens (tertiary/aromatic N) is 3. The van der Waals surface area contributed by atoms with E-state index in [1.807, 2.05) is 6.92 Å². The first-order chi connectivity index (χ1) is 10.8. The van der Waals surface area contributed by atoms with Crippen molar-refractivity contribution in [3.8, 4) is 5.69 Å². The third kappa shape index (κ3) is 3.35. The zero-order valence-electron chi connectivity index (χ0n) is 13.0. The van der Waals surface area contributed by atoms with Gasteiger partial charge in [0.25, 0.3) is 0 Å². The van der Waals surface area contributed by atoms with Crippen LogP contribution in [0, 0.1) is 6.92 Å². The van der Waals surface area contributed by atoms with Gasteiger partial charge in [-0.25, -0.2) is 9.67 Å². The van der Waals surface area contributed by atoms with Crippen LogP contribution < -0.4 is 5.32 Å². The van der Waals surface area contributed by atoms with Gasteiger partial charge in [0, 0.05) is 13.2 Å². The van der Waals surface area contributed by atoms with Gasteiger partial charge in [0.05, 0.1) is 31.0 Å². The Balaban J connectivity index is 1.63. The molecule has 6 heteroatoms. The van der Waals surface area contributed by atoms with Gasteiger partial charge in [0.1, 0.15) is 12.7 Å². The molecule has 1 aliphatic heterocycles. The molecule has 2 heterocycles. The van der Waals surface area contributed by atoms with Gasteiger partial charge in [-0.3, -0.25) is 0 Å². The molecule has 0 bridgehead atoms. The molecular formula is C16H22N4O2. The van der Waals surface area contributed by atoms with Gasteiger partial charge < -0.3 is 14.8 Å². The fraction of sp³-hybridized carbons (Fsp3) is 0.500. The highest BCUT2D eigenvalue weighted by Crippen LogP contribution is 2.16. The van der Waals surface area contributed by atoms with Crippen LogP contribution in [0.2, 0.25) is 0 Å². The van der Waals surface area contributed by atoms with Crippen LogP contribution in [0.1, 0.15) is 18.1 Å². The summed E-state index contributed by atoms with van der Waals surface area (Å²) in [5.74, 6) is 0. The molecule has 0 unspecified atom stereocenters. The van der Waals surface area contributed by atoms with E-state index in [1.54, 1.807) is 17.3 Å². The Morgan fingerprint density at radius 2 is 2.32 bits per heavy atom. The smallest absolute Gasteiger partial charge is 0.138 e. The summed E-state index contributed by atoms with van der Waals surface area (Å²) < 4.78 is 13.0. The van der Waals surface area contributed by atoms with Crippen LogP contribution in [-0.4, -0.2) is 46.7 Å². The van der Waals surface area contributed by atoms with Crippen molar-refractivity contribution in [3.05, 3.63) is 42.0 Å². The fourth-order valence-electron chi connectivity index (χ4n) is 2.77. The Bertz CT molecular complexity index is 600. The number of benzene rings is 1. The van der Waals surface area contributed by atoms with Crippen molar-refractivity contribution in [2.24, 2.45) is 0 Å². The minimum absolute atomic E-state index is 0.153. The lowest BCUT2D eigenvalue weighted by molar-refractivity contribution is 0.0411. The molecule has 2 atom stereocenters. The monoisotopic (exact) mass is 302 g/mol. The van der Waals surface area contributed by atoms with Gasteiger partial charge in [-0.1, -0.05) is 12.1 Å². The molecule has 0 spiro atoms. The summed E-state index contributed by atoms with van der Waals surface area (Å²) in [5.41, 5.74) is 3.47. The lowest BCUT2D eigenvalue weighted by Crippen LogP contribution is -2.40. The molecule has 1 N–H and O–H groups in total. The minimum Gasteiger partial charge on any atom is -0.377 e. The van der Waals surface area contributed by atoms with Gasteiger partial charge in [0.2, 0.25) is 0 Å². The summed E-state index contributed by atoms with van der Waals surface area (Å²) in [4.78, 5) is 3.99. The van der Waals surface area contributed by atoms with Crippen molar-refractivity contribution in [1.29, 1.82) is 0 Å². The van der Waals surface area contributed by atoms with Gasteiger partial charge in [0.15, 0.2) is 0 Å². The number of aryl methyl sites for hydroxylation is 1. The topological polar surface area (TPSA) is 61.2 Å². The van der Waals surface area contributed by atoms with Crippen LogP contribution in [0.5, 0.6) is 0 Å². The molecule has 1 fully saturated rings. The second-order valence-electron chi connectivity index (χ2n) is 5.48. The zero-order chi connectivity index (χ0) is 15.4. The second kappa shape index (κ2) is 7.00. The van der Waals surface area contributed by atoms with Gasteiger partial charge in [-0.05, 0) is 31.0 Å². The normalized spacial score (nSPS) is 21.4. The van der Waals surface area contributed by atoms with Crippen molar-refractivity contribution >= 4 is 0 Å². The Morgan fingerprint density at radius 1 is 1.41 bits per heavy atom. The predicted molar refractivity (Wildman–Crippen MR) is 83.0 cm³/mol.